The Morgan fingerprint density at radius 2 is 1.76 bits per heavy atom. The summed E-state index contributed by atoms with van der Waals surface area (Å²) in [6.45, 7) is 2.07. The zero-order chi connectivity index (χ0) is 23.0. The summed E-state index contributed by atoms with van der Waals surface area (Å²) in [4.78, 5) is 20.3. The second-order valence-electron chi connectivity index (χ2n) is 10.0. The molecule has 2 aromatic rings. The highest BCUT2D eigenvalue weighted by Gasteiger charge is 2.35. The van der Waals surface area contributed by atoms with Crippen LogP contribution in [-0.2, 0) is 28.3 Å². The van der Waals surface area contributed by atoms with Gasteiger partial charge in [-0.1, -0.05) is 19.3 Å². The maximum atomic E-state index is 13.1. The molecule has 1 aromatic heterocycles. The lowest BCUT2D eigenvalue weighted by molar-refractivity contribution is -0.137. The van der Waals surface area contributed by atoms with Gasteiger partial charge in [-0.05, 0) is 62.6 Å². The van der Waals surface area contributed by atoms with Gasteiger partial charge in [-0.25, -0.2) is 13.4 Å². The lowest BCUT2D eigenvalue weighted by atomic mass is 9.78. The van der Waals surface area contributed by atoms with Crippen LogP contribution < -0.4 is 0 Å². The van der Waals surface area contributed by atoms with Crippen LogP contribution >= 0.6 is 0 Å². The van der Waals surface area contributed by atoms with Crippen LogP contribution in [0.4, 0.5) is 0 Å². The fraction of sp³-hybridized carbons (Fsp3) is 0.680. The molecule has 3 fully saturated rings. The number of fused-ring (bicyclic) bond motifs is 2. The maximum Gasteiger partial charge on any atom is 0.243 e. The minimum absolute atomic E-state index is 0.243. The number of benzene rings is 1. The van der Waals surface area contributed by atoms with Crippen LogP contribution in [0.15, 0.2) is 23.1 Å². The van der Waals surface area contributed by atoms with Crippen molar-refractivity contribution in [3.63, 3.8) is 0 Å². The summed E-state index contributed by atoms with van der Waals surface area (Å²) in [6, 6.07) is 5.67. The van der Waals surface area contributed by atoms with Crippen LogP contribution in [0, 0.1) is 5.92 Å². The number of amides is 1. The number of likely N-dealkylation sites (tertiary alicyclic amines) is 1. The zero-order valence-electron chi connectivity index (χ0n) is 19.7. The summed E-state index contributed by atoms with van der Waals surface area (Å²) < 4.78 is 29.7. The molecule has 5 rings (SSSR count). The van der Waals surface area contributed by atoms with Crippen LogP contribution in [0.2, 0.25) is 0 Å². The highest BCUT2D eigenvalue weighted by molar-refractivity contribution is 7.89. The van der Waals surface area contributed by atoms with E-state index < -0.39 is 10.0 Å². The van der Waals surface area contributed by atoms with E-state index in [2.05, 4.69) is 4.90 Å². The summed E-state index contributed by atoms with van der Waals surface area (Å²) in [5.41, 5.74) is 1.59. The largest absolute Gasteiger partial charge is 0.339 e. The van der Waals surface area contributed by atoms with Crippen LogP contribution in [0.25, 0.3) is 11.0 Å². The van der Waals surface area contributed by atoms with Gasteiger partial charge >= 0.3 is 0 Å². The Hall–Kier alpha value is -1.93. The second-order valence-corrected chi connectivity index (χ2v) is 12.0. The summed E-state index contributed by atoms with van der Waals surface area (Å²) in [5, 5.41) is 0. The Kier molecular flexibility index (Phi) is 6.49. The first-order chi connectivity index (χ1) is 15.9. The van der Waals surface area contributed by atoms with Crippen molar-refractivity contribution in [2.24, 2.45) is 13.0 Å². The van der Waals surface area contributed by atoms with Crippen LogP contribution in [-0.4, -0.2) is 58.8 Å². The van der Waals surface area contributed by atoms with E-state index in [4.69, 9.17) is 4.98 Å². The molecule has 8 heteroatoms. The number of imidazole rings is 1. The highest BCUT2D eigenvalue weighted by Crippen LogP contribution is 2.35. The summed E-state index contributed by atoms with van der Waals surface area (Å²) in [5.74, 6) is 1.77. The molecule has 7 nitrogen and oxygen atoms in total. The normalized spacial score (nSPS) is 24.7. The van der Waals surface area contributed by atoms with Crippen LogP contribution in [0.5, 0.6) is 0 Å². The van der Waals surface area contributed by atoms with Gasteiger partial charge < -0.3 is 9.47 Å². The molecule has 3 aliphatic rings. The van der Waals surface area contributed by atoms with E-state index in [0.29, 0.717) is 48.3 Å². The molecule has 0 N–H and O–H groups in total. The molecular weight excluding hydrogens is 436 g/mol. The summed E-state index contributed by atoms with van der Waals surface area (Å²) in [7, 11) is -1.54. The first kappa shape index (κ1) is 22.8. The first-order valence-corrected chi connectivity index (χ1v) is 14.1. The Bertz CT molecular complexity index is 1120. The minimum atomic E-state index is -3.49. The van der Waals surface area contributed by atoms with E-state index in [1.54, 1.807) is 16.4 Å². The van der Waals surface area contributed by atoms with E-state index in [9.17, 15) is 13.2 Å². The monoisotopic (exact) mass is 472 g/mol. The van der Waals surface area contributed by atoms with E-state index in [1.165, 1.54) is 25.7 Å². The number of nitrogens with zero attached hydrogens (tertiary/aromatic N) is 4. The van der Waals surface area contributed by atoms with E-state index in [-0.39, 0.29) is 5.91 Å². The Morgan fingerprint density at radius 3 is 2.58 bits per heavy atom. The van der Waals surface area contributed by atoms with Crippen molar-refractivity contribution < 1.29 is 13.2 Å². The number of aromatic nitrogens is 2. The minimum Gasteiger partial charge on any atom is -0.339 e. The Labute approximate surface area is 197 Å². The number of aryl methyl sites for hydroxylation is 2. The number of hydrogen-bond donors (Lipinski definition) is 0. The second kappa shape index (κ2) is 9.37. The smallest absolute Gasteiger partial charge is 0.243 e. The maximum absolute atomic E-state index is 13.1. The quantitative estimate of drug-likeness (QED) is 0.662. The first-order valence-electron chi connectivity index (χ1n) is 12.7. The van der Waals surface area contributed by atoms with Crippen molar-refractivity contribution in [3.8, 4) is 0 Å². The van der Waals surface area contributed by atoms with Gasteiger partial charge in [-0.3, -0.25) is 4.79 Å². The Balaban J connectivity index is 1.31. The van der Waals surface area contributed by atoms with Gasteiger partial charge in [0, 0.05) is 45.6 Å². The lowest BCUT2D eigenvalue weighted by Crippen LogP contribution is -2.49. The molecule has 1 saturated carbocycles. The predicted octanol–water partition coefficient (Wildman–Crippen LogP) is 3.86. The highest BCUT2D eigenvalue weighted by atomic mass is 32.2. The molecule has 1 aliphatic carbocycles. The number of carbonyl (C=O) groups is 1. The van der Waals surface area contributed by atoms with Crippen LogP contribution in [0.3, 0.4) is 0 Å². The number of carbonyl (C=O) groups excluding carboxylic acids is 1. The molecule has 0 spiro atoms. The summed E-state index contributed by atoms with van der Waals surface area (Å²) in [6.07, 6.45) is 11.3. The van der Waals surface area contributed by atoms with Crippen molar-refractivity contribution in [1.82, 2.24) is 18.8 Å². The molecule has 3 heterocycles. The third-order valence-corrected chi connectivity index (χ3v) is 9.92. The van der Waals surface area contributed by atoms with Crippen LogP contribution in [0.1, 0.15) is 70.0 Å². The molecule has 0 radical (unpaired) electrons. The SMILES string of the molecule is Cn1c(CCC(=O)N2CCCC3CCCCC32)nc2cc(S(=O)(=O)N3CCCCC3)ccc21. The van der Waals surface area contributed by atoms with Gasteiger partial charge in [0.25, 0.3) is 0 Å². The third-order valence-electron chi connectivity index (χ3n) is 8.02. The average Bonchev–Trinajstić information content (AvgIpc) is 3.17. The van der Waals surface area contributed by atoms with Crippen molar-refractivity contribution >= 4 is 27.0 Å². The molecule has 2 saturated heterocycles. The molecule has 1 amide bonds. The van der Waals surface area contributed by atoms with Gasteiger partial charge in [0.05, 0.1) is 15.9 Å². The standard InChI is InChI=1S/C25H36N4O3S/c1-27-23-12-11-20(33(31,32)28-15-5-2-6-16-28)18-21(23)26-24(27)13-14-25(30)29-17-7-9-19-8-3-4-10-22(19)29/h11-12,18-19,22H,2-10,13-17H2,1H3. The van der Waals surface area contributed by atoms with Gasteiger partial charge in [0.15, 0.2) is 0 Å². The van der Waals surface area contributed by atoms with Gasteiger partial charge in [-0.2, -0.15) is 4.31 Å². The van der Waals surface area contributed by atoms with Gasteiger partial charge in [-0.15, -0.1) is 0 Å². The third kappa shape index (κ3) is 4.44. The number of rotatable bonds is 5. The van der Waals surface area contributed by atoms with Crippen molar-refractivity contribution in [2.75, 3.05) is 19.6 Å². The molecule has 1 aromatic carbocycles. The van der Waals surface area contributed by atoms with Crippen molar-refractivity contribution in [3.05, 3.63) is 24.0 Å². The number of hydrogen-bond acceptors (Lipinski definition) is 4. The molecule has 2 aliphatic heterocycles. The fourth-order valence-electron chi connectivity index (χ4n) is 6.16. The van der Waals surface area contributed by atoms with Gasteiger partial charge in [0.1, 0.15) is 5.82 Å². The van der Waals surface area contributed by atoms with E-state index in [1.807, 2.05) is 17.7 Å². The molecule has 0 bridgehead atoms. The van der Waals surface area contributed by atoms with Crippen molar-refractivity contribution in [2.45, 2.75) is 81.6 Å². The zero-order valence-corrected chi connectivity index (χ0v) is 20.5. The molecule has 2 unspecified atom stereocenters. The molecule has 180 valence electrons. The number of sulfonamides is 1. The molecule has 2 atom stereocenters. The van der Waals surface area contributed by atoms with Crippen molar-refractivity contribution in [1.29, 1.82) is 0 Å². The molecular formula is C25H36N4O3S. The Morgan fingerprint density at radius 1 is 1.00 bits per heavy atom. The van der Waals surface area contributed by atoms with Gasteiger partial charge in [0.2, 0.25) is 15.9 Å². The lowest BCUT2D eigenvalue weighted by Gasteiger charge is -2.44. The fourth-order valence-corrected chi connectivity index (χ4v) is 7.70. The average molecular weight is 473 g/mol. The number of piperidine rings is 2. The summed E-state index contributed by atoms with van der Waals surface area (Å²) >= 11 is 0. The molecule has 33 heavy (non-hydrogen) atoms. The van der Waals surface area contributed by atoms with E-state index in [0.717, 1.165) is 50.0 Å². The topological polar surface area (TPSA) is 75.5 Å². The van der Waals surface area contributed by atoms with E-state index >= 15 is 0 Å². The predicted molar refractivity (Wildman–Crippen MR) is 128 cm³/mol.